The minimum Gasteiger partial charge on any atom is -0.394 e. The van der Waals surface area contributed by atoms with Crippen LogP contribution in [0.2, 0.25) is 0 Å². The van der Waals surface area contributed by atoms with E-state index in [1.54, 1.807) is 19.1 Å². The van der Waals surface area contributed by atoms with E-state index in [1.807, 2.05) is 0 Å². The molecule has 2 amide bonds. The fourth-order valence-corrected chi connectivity index (χ4v) is 4.20. The zero-order valence-corrected chi connectivity index (χ0v) is 17.0. The summed E-state index contributed by atoms with van der Waals surface area (Å²) >= 11 is 0. The lowest BCUT2D eigenvalue weighted by Crippen LogP contribution is -2.45. The third-order valence-corrected chi connectivity index (χ3v) is 5.84. The Hall–Kier alpha value is -3.00. The van der Waals surface area contributed by atoms with Crippen LogP contribution in [0.3, 0.4) is 0 Å². The molecule has 0 spiro atoms. The third kappa shape index (κ3) is 4.39. The zero-order valence-electron chi connectivity index (χ0n) is 17.0. The number of aromatic amines is 1. The predicted molar refractivity (Wildman–Crippen MR) is 112 cm³/mol. The Kier molecular flexibility index (Phi) is 5.91. The van der Waals surface area contributed by atoms with Gasteiger partial charge in [-0.2, -0.15) is 0 Å². The number of carbonyl (C=O) groups is 1. The van der Waals surface area contributed by atoms with Crippen LogP contribution in [0.5, 0.6) is 0 Å². The molecule has 4 rings (SSSR count). The van der Waals surface area contributed by atoms with Gasteiger partial charge >= 0.3 is 6.03 Å². The van der Waals surface area contributed by atoms with Crippen molar-refractivity contribution in [3.05, 3.63) is 59.4 Å². The second kappa shape index (κ2) is 8.63. The Morgan fingerprint density at radius 1 is 1.16 bits per heavy atom. The number of amides is 2. The molecule has 164 valence electrons. The van der Waals surface area contributed by atoms with Gasteiger partial charge in [0.2, 0.25) is 0 Å². The minimum absolute atomic E-state index is 0.0567. The summed E-state index contributed by atoms with van der Waals surface area (Å²) in [5.41, 5.74) is 2.40. The van der Waals surface area contributed by atoms with Gasteiger partial charge in [0, 0.05) is 18.0 Å². The molecule has 31 heavy (non-hydrogen) atoms. The number of nitrogens with one attached hydrogen (secondary N) is 3. The number of hydrogen-bond donors (Lipinski definition) is 4. The molecule has 3 aromatic rings. The van der Waals surface area contributed by atoms with E-state index in [2.05, 4.69) is 15.6 Å². The molecule has 1 heterocycles. The van der Waals surface area contributed by atoms with Crippen LogP contribution in [0.15, 0.2) is 36.4 Å². The highest BCUT2D eigenvalue weighted by Crippen LogP contribution is 2.48. The molecular weight excluding hydrogens is 407 g/mol. The fourth-order valence-electron chi connectivity index (χ4n) is 4.20. The third-order valence-electron chi connectivity index (χ3n) is 5.84. The molecule has 1 aromatic heterocycles. The summed E-state index contributed by atoms with van der Waals surface area (Å²) in [6, 6.07) is 7.40. The minimum atomic E-state index is -0.670. The smallest absolute Gasteiger partial charge is 0.315 e. The van der Waals surface area contributed by atoms with E-state index >= 15 is 0 Å². The maximum absolute atomic E-state index is 14.4. The molecule has 0 radical (unpaired) electrons. The fraction of sp³-hybridized carbons (Fsp3) is 0.348. The first-order valence-corrected chi connectivity index (χ1v) is 10.3. The molecule has 8 heteroatoms. The molecule has 0 bridgehead atoms. The molecule has 0 unspecified atom stereocenters. The number of fused-ring (bicyclic) bond motifs is 1. The first-order chi connectivity index (χ1) is 14.9. The first kappa shape index (κ1) is 21.2. The van der Waals surface area contributed by atoms with Crippen LogP contribution in [0.4, 0.5) is 18.0 Å². The summed E-state index contributed by atoms with van der Waals surface area (Å²) in [5, 5.41) is 14.9. The van der Waals surface area contributed by atoms with E-state index in [0.29, 0.717) is 23.2 Å². The van der Waals surface area contributed by atoms with E-state index in [-0.39, 0.29) is 41.8 Å². The van der Waals surface area contributed by atoms with Gasteiger partial charge in [-0.1, -0.05) is 0 Å². The van der Waals surface area contributed by atoms with Gasteiger partial charge in [0.05, 0.1) is 23.9 Å². The van der Waals surface area contributed by atoms with Crippen LogP contribution in [-0.4, -0.2) is 35.3 Å². The second-order valence-electron chi connectivity index (χ2n) is 8.20. The van der Waals surface area contributed by atoms with Crippen LogP contribution in [0, 0.1) is 23.4 Å². The van der Waals surface area contributed by atoms with Crippen LogP contribution in [0.1, 0.15) is 31.2 Å². The largest absolute Gasteiger partial charge is 0.394 e. The maximum atomic E-state index is 14.4. The van der Waals surface area contributed by atoms with E-state index in [9.17, 15) is 18.0 Å². The topological polar surface area (TPSA) is 77.2 Å². The number of aromatic nitrogens is 1. The number of rotatable bonds is 6. The highest BCUT2D eigenvalue weighted by molar-refractivity contribution is 5.92. The van der Waals surface area contributed by atoms with Gasteiger partial charge in [0.15, 0.2) is 0 Å². The molecule has 0 saturated heterocycles. The molecule has 2 aromatic carbocycles. The average molecular weight is 431 g/mol. The lowest BCUT2D eigenvalue weighted by atomic mass is 9.70. The van der Waals surface area contributed by atoms with Crippen molar-refractivity contribution in [2.45, 2.75) is 31.7 Å². The molecule has 0 aliphatic heterocycles. The van der Waals surface area contributed by atoms with Gasteiger partial charge in [-0.25, -0.2) is 18.0 Å². The summed E-state index contributed by atoms with van der Waals surface area (Å²) in [7, 11) is 0. The summed E-state index contributed by atoms with van der Waals surface area (Å²) in [5.74, 6) is -1.41. The predicted octanol–water partition coefficient (Wildman–Crippen LogP) is 4.43. The Balaban J connectivity index is 1.55. The van der Waals surface area contributed by atoms with E-state index in [1.165, 1.54) is 18.2 Å². The number of carbonyl (C=O) groups excluding carboxylic acids is 1. The van der Waals surface area contributed by atoms with Crippen LogP contribution >= 0.6 is 0 Å². The molecule has 1 aliphatic carbocycles. The summed E-state index contributed by atoms with van der Waals surface area (Å²) in [6.07, 6.45) is 1.49. The van der Waals surface area contributed by atoms with Crippen LogP contribution < -0.4 is 10.6 Å². The molecule has 1 aliphatic rings. The number of benzene rings is 2. The second-order valence-corrected chi connectivity index (χ2v) is 8.20. The van der Waals surface area contributed by atoms with Crippen molar-refractivity contribution in [3.8, 4) is 11.3 Å². The van der Waals surface area contributed by atoms with Crippen molar-refractivity contribution >= 4 is 16.9 Å². The number of urea groups is 1. The highest BCUT2D eigenvalue weighted by Gasteiger charge is 2.34. The number of halogens is 3. The zero-order chi connectivity index (χ0) is 22.1. The van der Waals surface area contributed by atoms with Crippen molar-refractivity contribution in [3.63, 3.8) is 0 Å². The highest BCUT2D eigenvalue weighted by atomic mass is 19.1. The van der Waals surface area contributed by atoms with E-state index in [4.69, 9.17) is 5.11 Å². The van der Waals surface area contributed by atoms with Crippen LogP contribution in [0.25, 0.3) is 22.2 Å². The lowest BCUT2D eigenvalue weighted by Gasteiger charge is -2.36. The van der Waals surface area contributed by atoms with Gasteiger partial charge in [0.1, 0.15) is 17.5 Å². The molecular formula is C23H24F3N3O2. The molecule has 1 fully saturated rings. The Morgan fingerprint density at radius 2 is 1.87 bits per heavy atom. The number of aliphatic hydroxyl groups excluding tert-OH is 1. The van der Waals surface area contributed by atoms with Gasteiger partial charge in [-0.3, -0.25) is 0 Å². The van der Waals surface area contributed by atoms with Gasteiger partial charge in [-0.15, -0.1) is 0 Å². The quantitative estimate of drug-likeness (QED) is 0.466. The monoisotopic (exact) mass is 431 g/mol. The van der Waals surface area contributed by atoms with Crippen LogP contribution in [-0.2, 0) is 0 Å². The Morgan fingerprint density at radius 3 is 2.55 bits per heavy atom. The molecule has 1 saturated carbocycles. The Bertz CT molecular complexity index is 1090. The van der Waals surface area contributed by atoms with Crippen molar-refractivity contribution in [2.75, 3.05) is 13.2 Å². The normalized spacial score (nSPS) is 19.1. The number of hydrogen-bond acceptors (Lipinski definition) is 2. The number of aliphatic hydroxyl groups is 1. The molecule has 1 atom stereocenters. The standard InChI is InChI=1S/C23H24F3N3O2/c1-12(11-30)28-23(31)27-10-13-6-15(7-13)20-18-8-17(25)9-19(26)22(18)29-21(20)14-2-4-16(24)5-3-14/h2-5,8-9,12-13,15,29-30H,6-7,10-11H2,1H3,(H2,27,28,31)/t12-,13?,15?/m1/s1. The van der Waals surface area contributed by atoms with Crippen molar-refractivity contribution in [1.29, 1.82) is 0 Å². The van der Waals surface area contributed by atoms with Crippen molar-refractivity contribution in [1.82, 2.24) is 15.6 Å². The summed E-state index contributed by atoms with van der Waals surface area (Å²) in [4.78, 5) is 14.9. The van der Waals surface area contributed by atoms with E-state index in [0.717, 1.165) is 24.5 Å². The molecule has 5 nitrogen and oxygen atoms in total. The average Bonchev–Trinajstić information content (AvgIpc) is 3.06. The van der Waals surface area contributed by atoms with Crippen molar-refractivity contribution < 1.29 is 23.1 Å². The first-order valence-electron chi connectivity index (χ1n) is 10.3. The van der Waals surface area contributed by atoms with Crippen molar-refractivity contribution in [2.24, 2.45) is 5.92 Å². The summed E-state index contributed by atoms with van der Waals surface area (Å²) in [6.45, 7) is 2.03. The maximum Gasteiger partial charge on any atom is 0.315 e. The SMILES string of the molecule is C[C@H](CO)NC(=O)NCC1CC(c2c(-c3ccc(F)cc3)[nH]c3c(F)cc(F)cc23)C1. The van der Waals surface area contributed by atoms with Gasteiger partial charge in [-0.05, 0) is 73.1 Å². The number of H-pyrrole nitrogens is 1. The van der Waals surface area contributed by atoms with E-state index < -0.39 is 11.6 Å². The molecule has 4 N–H and O–H groups in total. The summed E-state index contributed by atoms with van der Waals surface area (Å²) < 4.78 is 41.8. The Labute approximate surface area is 177 Å². The lowest BCUT2D eigenvalue weighted by molar-refractivity contribution is 0.211. The van der Waals surface area contributed by atoms with Gasteiger partial charge in [0.25, 0.3) is 0 Å². The van der Waals surface area contributed by atoms with Gasteiger partial charge < -0.3 is 20.7 Å².